The van der Waals surface area contributed by atoms with Crippen molar-refractivity contribution in [2.45, 2.75) is 79.1 Å². The Kier molecular flexibility index (Phi) is 8.47. The molecule has 2 aromatic carbocycles. The van der Waals surface area contributed by atoms with E-state index in [1.165, 1.54) is 16.7 Å². The minimum absolute atomic E-state index is 0. The monoisotopic (exact) mass is 544 g/mol. The zero-order valence-corrected chi connectivity index (χ0v) is 24.8. The fourth-order valence-electron chi connectivity index (χ4n) is 5.29. The number of halogens is 2. The van der Waals surface area contributed by atoms with Crippen LogP contribution < -0.4 is 28.1 Å². The van der Waals surface area contributed by atoms with Crippen LogP contribution in [0.5, 0.6) is 0 Å². The van der Waals surface area contributed by atoms with Crippen LogP contribution in [0.3, 0.4) is 0 Å². The molecule has 0 atom stereocenters. The van der Waals surface area contributed by atoms with Crippen molar-refractivity contribution in [3.63, 3.8) is 0 Å². The summed E-state index contributed by atoms with van der Waals surface area (Å²) in [6.07, 6.45) is 9.36. The number of fused-ring (bicyclic) bond motifs is 3. The van der Waals surface area contributed by atoms with E-state index in [9.17, 15) is 0 Å². The zero-order chi connectivity index (χ0) is 21.8. The molecule has 0 saturated carbocycles. The Morgan fingerprint density at radius 1 is 0.875 bits per heavy atom. The van der Waals surface area contributed by atoms with Crippen molar-refractivity contribution in [3.8, 4) is 11.1 Å². The Bertz CT molecular complexity index is 1120. The molecule has 0 aliphatic heterocycles. The van der Waals surface area contributed by atoms with E-state index in [1.54, 1.807) is 26.4 Å². The molecular formula is C29H36Cl2Zr. The van der Waals surface area contributed by atoms with Crippen LogP contribution in [-0.4, -0.2) is 3.21 Å². The molecule has 2 aliphatic rings. The van der Waals surface area contributed by atoms with Crippen molar-refractivity contribution in [2.75, 3.05) is 0 Å². The van der Waals surface area contributed by atoms with Crippen LogP contribution in [0.2, 0.25) is 0 Å². The predicted molar refractivity (Wildman–Crippen MR) is 130 cm³/mol. The quantitative estimate of drug-likeness (QED) is 0.453. The van der Waals surface area contributed by atoms with Crippen LogP contribution in [0.1, 0.15) is 84.1 Å². The molecule has 2 aromatic rings. The summed E-state index contributed by atoms with van der Waals surface area (Å²) in [6.45, 7) is 19.3. The summed E-state index contributed by atoms with van der Waals surface area (Å²) in [5.74, 6) is 0. The molecule has 4 rings (SSSR count). The molecule has 0 radical (unpaired) electrons. The predicted octanol–water partition coefficient (Wildman–Crippen LogP) is 1.16. The zero-order valence-electron chi connectivity index (χ0n) is 20.8. The number of hydrogen-bond donors (Lipinski definition) is 0. The van der Waals surface area contributed by atoms with Crippen molar-refractivity contribution >= 4 is 6.48 Å². The molecule has 0 unspecified atom stereocenters. The largest absolute Gasteiger partial charge is 1.00 e. The molecule has 0 aromatic heterocycles. The first-order valence-electron chi connectivity index (χ1n) is 11.3. The molecule has 2 aliphatic carbocycles. The van der Waals surface area contributed by atoms with Gasteiger partial charge in [-0.1, -0.05) is 0 Å². The van der Waals surface area contributed by atoms with E-state index in [-0.39, 0.29) is 35.6 Å². The second-order valence-corrected chi connectivity index (χ2v) is 18.3. The molecule has 0 bridgehead atoms. The van der Waals surface area contributed by atoms with Crippen LogP contribution in [-0.2, 0) is 38.5 Å². The van der Waals surface area contributed by atoms with Crippen LogP contribution in [0.4, 0.5) is 0 Å². The number of benzene rings is 2. The molecule has 32 heavy (non-hydrogen) atoms. The summed E-state index contributed by atoms with van der Waals surface area (Å²) in [4.78, 5) is 0. The van der Waals surface area contributed by atoms with Gasteiger partial charge in [0, 0.05) is 0 Å². The van der Waals surface area contributed by atoms with Crippen LogP contribution in [0.25, 0.3) is 11.1 Å². The third-order valence-corrected chi connectivity index (χ3v) is 14.0. The van der Waals surface area contributed by atoms with Gasteiger partial charge in [-0.15, -0.1) is 0 Å². The van der Waals surface area contributed by atoms with Gasteiger partial charge in [0.2, 0.25) is 0 Å². The molecule has 0 N–H and O–H groups in total. The van der Waals surface area contributed by atoms with Gasteiger partial charge >= 0.3 is 192 Å². The van der Waals surface area contributed by atoms with Crippen molar-refractivity contribution in [2.24, 2.45) is 0 Å². The number of allylic oxidation sites excluding steroid dienone is 4. The maximum atomic E-state index is 2.57. The van der Waals surface area contributed by atoms with Gasteiger partial charge in [0.1, 0.15) is 0 Å². The topological polar surface area (TPSA) is 0 Å². The molecule has 0 saturated heterocycles. The molecule has 3 heteroatoms. The summed E-state index contributed by atoms with van der Waals surface area (Å²) in [5.41, 5.74) is 9.63. The summed E-state index contributed by atoms with van der Waals surface area (Å²) in [7, 11) is 0. The summed E-state index contributed by atoms with van der Waals surface area (Å²) in [6, 6.07) is 11.7. The van der Waals surface area contributed by atoms with Gasteiger partial charge in [0.25, 0.3) is 0 Å². The average Bonchev–Trinajstić information content (AvgIpc) is 3.27. The van der Waals surface area contributed by atoms with Gasteiger partial charge in [0.15, 0.2) is 0 Å². The molecule has 0 heterocycles. The molecular weight excluding hydrogens is 510 g/mol. The fourth-order valence-corrected chi connectivity index (χ4v) is 13.5. The Morgan fingerprint density at radius 2 is 1.53 bits per heavy atom. The van der Waals surface area contributed by atoms with Crippen molar-refractivity contribution in [1.82, 2.24) is 0 Å². The van der Waals surface area contributed by atoms with E-state index < -0.39 is 21.3 Å². The second-order valence-electron chi connectivity index (χ2n) is 11.2. The van der Waals surface area contributed by atoms with Gasteiger partial charge in [-0.25, -0.2) is 0 Å². The SMILES string of the molecule is C[C](C)=[Zr+2]([C]1=CC=CC1)[c]1c2c(cc(C(C)(C)C)c1C(C)(C)C)-c1ccccc1C2.[Cl-].[Cl-]. The third kappa shape index (κ3) is 4.87. The Morgan fingerprint density at radius 3 is 2.06 bits per heavy atom. The van der Waals surface area contributed by atoms with Crippen molar-refractivity contribution < 1.29 is 46.1 Å². The van der Waals surface area contributed by atoms with Crippen molar-refractivity contribution in [3.05, 3.63) is 74.1 Å². The van der Waals surface area contributed by atoms with Gasteiger partial charge in [-0.3, -0.25) is 0 Å². The van der Waals surface area contributed by atoms with E-state index in [4.69, 9.17) is 0 Å². The Labute approximate surface area is 215 Å². The smallest absolute Gasteiger partial charge is 1.00 e. The van der Waals surface area contributed by atoms with E-state index in [1.807, 2.05) is 0 Å². The summed E-state index contributed by atoms with van der Waals surface area (Å²) >= 11 is -2.17. The first-order chi connectivity index (χ1) is 14.0. The van der Waals surface area contributed by atoms with Crippen LogP contribution in [0.15, 0.2) is 51.8 Å². The fraction of sp³-hybridized carbons (Fsp3) is 0.414. The summed E-state index contributed by atoms with van der Waals surface area (Å²) < 4.78 is 5.23. The molecule has 0 nitrogen and oxygen atoms in total. The summed E-state index contributed by atoms with van der Waals surface area (Å²) in [5, 5.41) is 0. The van der Waals surface area contributed by atoms with E-state index in [0.717, 1.165) is 12.8 Å². The van der Waals surface area contributed by atoms with Gasteiger partial charge in [0.05, 0.1) is 0 Å². The first kappa shape index (κ1) is 27.5. The van der Waals surface area contributed by atoms with Gasteiger partial charge < -0.3 is 24.8 Å². The van der Waals surface area contributed by atoms with E-state index in [2.05, 4.69) is 104 Å². The van der Waals surface area contributed by atoms with Crippen LogP contribution >= 0.6 is 0 Å². The minimum Gasteiger partial charge on any atom is -1.00 e. The number of rotatable bonds is 2. The average molecular weight is 547 g/mol. The Hall–Kier alpha value is -0.747. The maximum absolute atomic E-state index is 2.57. The standard InChI is InChI=1S/C21H25.C5H5.C3H6.2ClH.Zr/c1-20(2,3)18-12-15-11-14-9-7-8-10-16(14)17(15)13-19(18)21(4,5)6;1-2-4-5-3-1;1-3-2;;;/h7-10,13H,11H2,1-6H3;1-3H,4H2;1-2H3;2*1H;/q;;;;;+2/p-2. The second kappa shape index (κ2) is 9.86. The van der Waals surface area contributed by atoms with E-state index >= 15 is 0 Å². The van der Waals surface area contributed by atoms with Crippen molar-refractivity contribution in [1.29, 1.82) is 0 Å². The van der Waals surface area contributed by atoms with Gasteiger partial charge in [-0.05, 0) is 0 Å². The normalized spacial score (nSPS) is 13.9. The molecule has 0 amide bonds. The molecule has 170 valence electrons. The minimum atomic E-state index is -2.17. The molecule has 0 spiro atoms. The first-order valence-corrected chi connectivity index (χ1v) is 15.0. The van der Waals surface area contributed by atoms with Gasteiger partial charge in [-0.2, -0.15) is 0 Å². The number of hydrogen-bond acceptors (Lipinski definition) is 0. The third-order valence-electron chi connectivity index (χ3n) is 6.51. The molecule has 0 fully saturated rings. The maximum Gasteiger partial charge on any atom is -1.00 e. The van der Waals surface area contributed by atoms with Crippen LogP contribution in [0, 0.1) is 0 Å². The van der Waals surface area contributed by atoms with E-state index in [0.29, 0.717) is 0 Å². The Balaban J connectivity index is 0.00000181.